The van der Waals surface area contributed by atoms with Gasteiger partial charge in [0.2, 0.25) is 0 Å². The quantitative estimate of drug-likeness (QED) is 0.752. The summed E-state index contributed by atoms with van der Waals surface area (Å²) in [6.45, 7) is 0.382. The van der Waals surface area contributed by atoms with E-state index in [1.165, 1.54) is 0 Å². The third kappa shape index (κ3) is 4.07. The van der Waals surface area contributed by atoms with Gasteiger partial charge in [0.05, 0.1) is 11.2 Å². The molecular formula is C19H17NO3. The number of fused-ring (bicyclic) bond motifs is 1. The molecule has 0 radical (unpaired) electrons. The van der Waals surface area contributed by atoms with E-state index in [1.54, 1.807) is 0 Å². The van der Waals surface area contributed by atoms with E-state index in [-0.39, 0.29) is 6.42 Å². The van der Waals surface area contributed by atoms with Crippen molar-refractivity contribution < 1.29 is 14.6 Å². The number of carbonyl (C=O) groups is 1. The summed E-state index contributed by atoms with van der Waals surface area (Å²) < 4.78 is 5.78. The molecule has 0 fully saturated rings. The Morgan fingerprint density at radius 2 is 1.91 bits per heavy atom. The van der Waals surface area contributed by atoms with Crippen LogP contribution >= 0.6 is 0 Å². The Morgan fingerprint density at radius 3 is 2.78 bits per heavy atom. The Morgan fingerprint density at radius 1 is 1.04 bits per heavy atom. The first-order valence-corrected chi connectivity index (χ1v) is 7.49. The molecule has 0 spiro atoms. The molecule has 1 heterocycles. The molecule has 3 rings (SSSR count). The molecule has 0 unspecified atom stereocenters. The summed E-state index contributed by atoms with van der Waals surface area (Å²) >= 11 is 0. The molecule has 0 saturated heterocycles. The zero-order chi connectivity index (χ0) is 16.1. The first kappa shape index (κ1) is 15.0. The summed E-state index contributed by atoms with van der Waals surface area (Å²) in [6.07, 6.45) is 0.621. The van der Waals surface area contributed by atoms with Crippen LogP contribution in [0.3, 0.4) is 0 Å². The molecule has 0 bridgehead atoms. The minimum atomic E-state index is -0.795. The Balaban J connectivity index is 1.67. The molecule has 0 atom stereocenters. The fourth-order valence-corrected chi connectivity index (χ4v) is 2.39. The Kier molecular flexibility index (Phi) is 4.52. The van der Waals surface area contributed by atoms with Gasteiger partial charge < -0.3 is 9.84 Å². The lowest BCUT2D eigenvalue weighted by Gasteiger charge is -2.08. The van der Waals surface area contributed by atoms with Crippen LogP contribution in [0.2, 0.25) is 0 Å². The molecule has 4 heteroatoms. The molecule has 0 saturated carbocycles. The minimum absolute atomic E-state index is 0.121. The van der Waals surface area contributed by atoms with E-state index >= 15 is 0 Å². The van der Waals surface area contributed by atoms with Gasteiger partial charge in [0.1, 0.15) is 12.4 Å². The number of pyridine rings is 1. The smallest absolute Gasteiger partial charge is 0.303 e. The van der Waals surface area contributed by atoms with Crippen molar-refractivity contribution in [1.29, 1.82) is 0 Å². The van der Waals surface area contributed by atoms with E-state index in [1.807, 2.05) is 60.7 Å². The molecule has 1 aromatic heterocycles. The minimum Gasteiger partial charge on any atom is -0.487 e. The Hall–Kier alpha value is -2.88. The molecule has 23 heavy (non-hydrogen) atoms. The van der Waals surface area contributed by atoms with Gasteiger partial charge in [-0.1, -0.05) is 36.4 Å². The maximum atomic E-state index is 10.6. The SMILES string of the molecule is O=C(O)CCc1cccc(OCc2ccc3ccccc3n2)c1. The molecule has 2 aromatic carbocycles. The number of aliphatic carboxylic acids is 1. The van der Waals surface area contributed by atoms with E-state index in [0.29, 0.717) is 13.0 Å². The van der Waals surface area contributed by atoms with Gasteiger partial charge in [-0.15, -0.1) is 0 Å². The Labute approximate surface area is 134 Å². The summed E-state index contributed by atoms with van der Waals surface area (Å²) in [5.74, 6) is -0.0699. The van der Waals surface area contributed by atoms with E-state index in [4.69, 9.17) is 9.84 Å². The Bertz CT molecular complexity index is 829. The normalized spacial score (nSPS) is 10.6. The van der Waals surface area contributed by atoms with E-state index < -0.39 is 5.97 Å². The highest BCUT2D eigenvalue weighted by Gasteiger charge is 2.03. The van der Waals surface area contributed by atoms with Crippen molar-refractivity contribution >= 4 is 16.9 Å². The number of carboxylic acid groups (broad SMARTS) is 1. The zero-order valence-corrected chi connectivity index (χ0v) is 12.6. The van der Waals surface area contributed by atoms with Crippen LogP contribution in [0.15, 0.2) is 60.7 Å². The summed E-state index contributed by atoms with van der Waals surface area (Å²) in [4.78, 5) is 15.2. The van der Waals surface area contributed by atoms with E-state index in [2.05, 4.69) is 4.98 Å². The highest BCUT2D eigenvalue weighted by molar-refractivity contribution is 5.78. The number of aromatic nitrogens is 1. The first-order chi connectivity index (χ1) is 11.2. The number of hydrogen-bond acceptors (Lipinski definition) is 3. The number of carboxylic acids is 1. The van der Waals surface area contributed by atoms with Gasteiger partial charge in [-0.3, -0.25) is 4.79 Å². The fourth-order valence-electron chi connectivity index (χ4n) is 2.39. The number of nitrogens with zero attached hydrogens (tertiary/aromatic N) is 1. The number of hydrogen-bond donors (Lipinski definition) is 1. The molecule has 116 valence electrons. The second-order valence-electron chi connectivity index (χ2n) is 5.33. The van der Waals surface area contributed by atoms with Crippen molar-refractivity contribution in [3.8, 4) is 5.75 Å². The van der Waals surface area contributed by atoms with Crippen molar-refractivity contribution in [3.63, 3.8) is 0 Å². The molecule has 4 nitrogen and oxygen atoms in total. The molecule has 0 amide bonds. The molecule has 0 aliphatic carbocycles. The number of ether oxygens (including phenoxy) is 1. The number of rotatable bonds is 6. The van der Waals surface area contributed by atoms with Crippen molar-refractivity contribution in [2.45, 2.75) is 19.4 Å². The highest BCUT2D eigenvalue weighted by atomic mass is 16.5. The molecule has 0 aliphatic heterocycles. The van der Waals surface area contributed by atoms with Crippen molar-refractivity contribution in [1.82, 2.24) is 4.98 Å². The fraction of sp³-hybridized carbons (Fsp3) is 0.158. The summed E-state index contributed by atoms with van der Waals surface area (Å²) in [6, 6.07) is 19.5. The van der Waals surface area contributed by atoms with Crippen molar-refractivity contribution in [2.75, 3.05) is 0 Å². The van der Waals surface area contributed by atoms with Gasteiger partial charge in [-0.2, -0.15) is 0 Å². The lowest BCUT2D eigenvalue weighted by atomic mass is 10.1. The van der Waals surface area contributed by atoms with E-state index in [9.17, 15) is 4.79 Å². The zero-order valence-electron chi connectivity index (χ0n) is 12.6. The summed E-state index contributed by atoms with van der Waals surface area (Å²) in [7, 11) is 0. The second kappa shape index (κ2) is 6.92. The van der Waals surface area contributed by atoms with Crippen molar-refractivity contribution in [3.05, 3.63) is 71.9 Å². The van der Waals surface area contributed by atoms with Crippen LogP contribution in [0.1, 0.15) is 17.7 Å². The lowest BCUT2D eigenvalue weighted by molar-refractivity contribution is -0.136. The van der Waals surface area contributed by atoms with Gasteiger partial charge in [0.25, 0.3) is 0 Å². The van der Waals surface area contributed by atoms with Crippen molar-refractivity contribution in [2.24, 2.45) is 0 Å². The molecular weight excluding hydrogens is 290 g/mol. The summed E-state index contributed by atoms with van der Waals surface area (Å²) in [5, 5.41) is 9.85. The van der Waals surface area contributed by atoms with Crippen LogP contribution in [0.5, 0.6) is 5.75 Å². The van der Waals surface area contributed by atoms with E-state index in [0.717, 1.165) is 27.9 Å². The maximum absolute atomic E-state index is 10.6. The highest BCUT2D eigenvalue weighted by Crippen LogP contribution is 2.17. The van der Waals surface area contributed by atoms with Crippen LogP contribution in [-0.2, 0) is 17.8 Å². The van der Waals surface area contributed by atoms with Crippen LogP contribution < -0.4 is 4.74 Å². The maximum Gasteiger partial charge on any atom is 0.303 e. The molecule has 0 aliphatic rings. The first-order valence-electron chi connectivity index (χ1n) is 7.49. The van der Waals surface area contributed by atoms with Crippen LogP contribution in [-0.4, -0.2) is 16.1 Å². The second-order valence-corrected chi connectivity index (χ2v) is 5.33. The van der Waals surface area contributed by atoms with Crippen LogP contribution in [0.25, 0.3) is 10.9 Å². The van der Waals surface area contributed by atoms with Crippen LogP contribution in [0.4, 0.5) is 0 Å². The predicted molar refractivity (Wildman–Crippen MR) is 88.5 cm³/mol. The average Bonchev–Trinajstić information content (AvgIpc) is 2.58. The molecule has 3 aromatic rings. The predicted octanol–water partition coefficient (Wildman–Crippen LogP) is 3.83. The topological polar surface area (TPSA) is 59.4 Å². The average molecular weight is 307 g/mol. The standard InChI is InChI=1S/C19H17NO3/c21-19(22)11-8-14-4-3-6-17(12-14)23-13-16-10-9-15-5-1-2-7-18(15)20-16/h1-7,9-10,12H,8,11,13H2,(H,21,22). The van der Waals surface area contributed by atoms with Gasteiger partial charge in [0, 0.05) is 11.8 Å². The number of aryl methyl sites for hydroxylation is 1. The summed E-state index contributed by atoms with van der Waals surface area (Å²) in [5.41, 5.74) is 2.76. The van der Waals surface area contributed by atoms with Gasteiger partial charge in [-0.25, -0.2) is 4.98 Å². The molecule has 1 N–H and O–H groups in total. The third-order valence-electron chi connectivity index (χ3n) is 3.57. The third-order valence-corrected chi connectivity index (χ3v) is 3.57. The number of benzene rings is 2. The van der Waals surface area contributed by atoms with Gasteiger partial charge in [-0.05, 0) is 36.2 Å². The number of para-hydroxylation sites is 1. The largest absolute Gasteiger partial charge is 0.487 e. The lowest BCUT2D eigenvalue weighted by Crippen LogP contribution is -2.00. The van der Waals surface area contributed by atoms with Crippen LogP contribution in [0, 0.1) is 0 Å². The van der Waals surface area contributed by atoms with Gasteiger partial charge in [0.15, 0.2) is 0 Å². The monoisotopic (exact) mass is 307 g/mol. The van der Waals surface area contributed by atoms with Gasteiger partial charge >= 0.3 is 5.97 Å².